The van der Waals surface area contributed by atoms with Gasteiger partial charge in [-0.2, -0.15) is 10.2 Å². The highest BCUT2D eigenvalue weighted by Crippen LogP contribution is 2.19. The molecule has 20 heavy (non-hydrogen) atoms. The van der Waals surface area contributed by atoms with E-state index in [4.69, 9.17) is 0 Å². The molecule has 4 heteroatoms. The topological polar surface area (TPSA) is 51.6 Å². The normalized spacial score (nSPS) is 10.5. The number of pyridine rings is 2. The molecule has 3 heterocycles. The highest BCUT2D eigenvalue weighted by molar-refractivity contribution is 5.62. The van der Waals surface area contributed by atoms with Crippen molar-refractivity contribution in [3.8, 4) is 22.6 Å². The van der Waals surface area contributed by atoms with E-state index in [-0.39, 0.29) is 0 Å². The summed E-state index contributed by atoms with van der Waals surface area (Å²) in [5.74, 6) is 0. The van der Waals surface area contributed by atoms with Crippen molar-refractivity contribution < 1.29 is 0 Å². The molecule has 3 rings (SSSR count). The van der Waals surface area contributed by atoms with Gasteiger partial charge in [0.2, 0.25) is 0 Å². The van der Waals surface area contributed by atoms with Crippen LogP contribution in [0.3, 0.4) is 0 Å². The molecule has 0 bridgehead atoms. The summed E-state index contributed by atoms with van der Waals surface area (Å²) in [6.07, 6.45) is 3.65. The van der Waals surface area contributed by atoms with Gasteiger partial charge in [0.15, 0.2) is 0 Å². The highest BCUT2D eigenvalue weighted by Gasteiger charge is 2.03. The van der Waals surface area contributed by atoms with Gasteiger partial charge in [0.25, 0.3) is 0 Å². The lowest BCUT2D eigenvalue weighted by Gasteiger charge is -2.03. The summed E-state index contributed by atoms with van der Waals surface area (Å²) in [5, 5.41) is 8.21. The zero-order chi connectivity index (χ0) is 13.9. The predicted molar refractivity (Wildman–Crippen MR) is 78.0 cm³/mol. The van der Waals surface area contributed by atoms with Gasteiger partial charge in [-0.15, -0.1) is 0 Å². The van der Waals surface area contributed by atoms with E-state index in [0.29, 0.717) is 0 Å². The molecule has 0 aliphatic heterocycles. The maximum absolute atomic E-state index is 4.45. The summed E-state index contributed by atoms with van der Waals surface area (Å²) >= 11 is 0. The summed E-state index contributed by atoms with van der Waals surface area (Å²) in [7, 11) is 0. The second kappa shape index (κ2) is 5.17. The molecular formula is C16H14N4. The maximum Gasteiger partial charge on any atom is 0.0945 e. The first kappa shape index (κ1) is 12.4. The molecule has 0 spiro atoms. The predicted octanol–water partition coefficient (Wildman–Crippen LogP) is 3.22. The average Bonchev–Trinajstić information content (AvgIpc) is 2.49. The van der Waals surface area contributed by atoms with E-state index in [2.05, 4.69) is 20.2 Å². The fraction of sp³-hybridized carbons (Fsp3) is 0.125. The number of hydrogen-bond acceptors (Lipinski definition) is 4. The minimum absolute atomic E-state index is 0.825. The molecule has 0 radical (unpaired) electrons. The number of rotatable bonds is 2. The quantitative estimate of drug-likeness (QED) is 0.711. The third kappa shape index (κ3) is 2.54. The van der Waals surface area contributed by atoms with Crippen LogP contribution in [0.2, 0.25) is 0 Å². The Balaban J connectivity index is 1.91. The zero-order valence-electron chi connectivity index (χ0n) is 11.4. The highest BCUT2D eigenvalue weighted by atomic mass is 15.1. The fourth-order valence-electron chi connectivity index (χ4n) is 1.87. The Hall–Kier alpha value is -2.62. The molecular weight excluding hydrogens is 248 g/mol. The Morgan fingerprint density at radius 3 is 1.90 bits per heavy atom. The third-order valence-electron chi connectivity index (χ3n) is 3.03. The molecule has 4 nitrogen and oxygen atoms in total. The summed E-state index contributed by atoms with van der Waals surface area (Å²) < 4.78 is 0. The van der Waals surface area contributed by atoms with Gasteiger partial charge >= 0.3 is 0 Å². The molecule has 0 saturated heterocycles. The van der Waals surface area contributed by atoms with Gasteiger partial charge in [0, 0.05) is 18.0 Å². The van der Waals surface area contributed by atoms with Crippen molar-refractivity contribution >= 4 is 0 Å². The van der Waals surface area contributed by atoms with Crippen molar-refractivity contribution in [3.05, 3.63) is 60.0 Å². The van der Waals surface area contributed by atoms with E-state index in [1.165, 1.54) is 0 Å². The largest absolute Gasteiger partial charge is 0.254 e. The van der Waals surface area contributed by atoms with Gasteiger partial charge in [0.1, 0.15) is 0 Å². The van der Waals surface area contributed by atoms with Crippen LogP contribution in [0.25, 0.3) is 22.6 Å². The van der Waals surface area contributed by atoms with Gasteiger partial charge in [-0.3, -0.25) is 9.97 Å². The average molecular weight is 262 g/mol. The molecule has 0 aliphatic carbocycles. The molecule has 0 amide bonds. The van der Waals surface area contributed by atoms with Crippen molar-refractivity contribution in [3.63, 3.8) is 0 Å². The van der Waals surface area contributed by atoms with Crippen LogP contribution in [0.15, 0.2) is 48.8 Å². The number of aryl methyl sites for hydroxylation is 2. The van der Waals surface area contributed by atoms with Crippen LogP contribution < -0.4 is 0 Å². The van der Waals surface area contributed by atoms with Gasteiger partial charge < -0.3 is 0 Å². The first-order chi connectivity index (χ1) is 9.72. The lowest BCUT2D eigenvalue weighted by molar-refractivity contribution is 0.986. The number of hydrogen-bond donors (Lipinski definition) is 0. The number of nitrogens with zero attached hydrogens (tertiary/aromatic N) is 4. The van der Waals surface area contributed by atoms with Crippen molar-refractivity contribution in [1.29, 1.82) is 0 Å². The molecule has 0 fully saturated rings. The lowest BCUT2D eigenvalue weighted by Crippen LogP contribution is -1.92. The standard InChI is InChI=1S/C16H14N4/c1-11-3-6-15(17-9-11)16-8-5-13(10-18-16)14-7-4-12(2)19-20-14/h3-10H,1-2H3. The molecule has 0 saturated carbocycles. The van der Waals surface area contributed by atoms with Crippen LogP contribution in [0.5, 0.6) is 0 Å². The summed E-state index contributed by atoms with van der Waals surface area (Å²) in [4.78, 5) is 8.82. The third-order valence-corrected chi connectivity index (χ3v) is 3.03. The minimum atomic E-state index is 0.825. The van der Waals surface area contributed by atoms with Crippen molar-refractivity contribution in [2.45, 2.75) is 13.8 Å². The van der Waals surface area contributed by atoms with Crippen LogP contribution in [0.4, 0.5) is 0 Å². The van der Waals surface area contributed by atoms with Crippen LogP contribution in [0.1, 0.15) is 11.3 Å². The molecule has 3 aromatic heterocycles. The van der Waals surface area contributed by atoms with E-state index in [9.17, 15) is 0 Å². The molecule has 98 valence electrons. The first-order valence-electron chi connectivity index (χ1n) is 6.42. The van der Waals surface area contributed by atoms with Gasteiger partial charge in [-0.1, -0.05) is 6.07 Å². The van der Waals surface area contributed by atoms with Gasteiger partial charge in [-0.05, 0) is 49.7 Å². The molecule has 0 N–H and O–H groups in total. The Morgan fingerprint density at radius 2 is 1.35 bits per heavy atom. The first-order valence-corrected chi connectivity index (χ1v) is 6.42. The summed E-state index contributed by atoms with van der Waals surface area (Å²) in [6.45, 7) is 3.94. The smallest absolute Gasteiger partial charge is 0.0945 e. The molecule has 0 aliphatic rings. The second-order valence-electron chi connectivity index (χ2n) is 4.71. The van der Waals surface area contributed by atoms with Gasteiger partial charge in [-0.25, -0.2) is 0 Å². The van der Waals surface area contributed by atoms with Crippen LogP contribution >= 0.6 is 0 Å². The van der Waals surface area contributed by atoms with Crippen molar-refractivity contribution in [1.82, 2.24) is 20.2 Å². The van der Waals surface area contributed by atoms with Crippen molar-refractivity contribution in [2.75, 3.05) is 0 Å². The van der Waals surface area contributed by atoms with E-state index < -0.39 is 0 Å². The maximum atomic E-state index is 4.45. The van der Waals surface area contributed by atoms with Gasteiger partial charge in [0.05, 0.1) is 22.8 Å². The summed E-state index contributed by atoms with van der Waals surface area (Å²) in [6, 6.07) is 11.8. The Labute approximate surface area is 117 Å². The SMILES string of the molecule is Cc1ccc(-c2ccc(-c3ccc(C)nn3)cn2)nc1. The second-order valence-corrected chi connectivity index (χ2v) is 4.71. The Kier molecular flexibility index (Phi) is 3.21. The van der Waals surface area contributed by atoms with Crippen LogP contribution in [0, 0.1) is 13.8 Å². The molecule has 0 atom stereocenters. The van der Waals surface area contributed by atoms with E-state index in [1.807, 2.05) is 56.4 Å². The Morgan fingerprint density at radius 1 is 0.650 bits per heavy atom. The number of aromatic nitrogens is 4. The van der Waals surface area contributed by atoms with E-state index >= 15 is 0 Å². The van der Waals surface area contributed by atoms with E-state index in [0.717, 1.165) is 33.9 Å². The minimum Gasteiger partial charge on any atom is -0.254 e. The Bertz CT molecular complexity index is 636. The molecule has 0 aromatic carbocycles. The monoisotopic (exact) mass is 262 g/mol. The lowest BCUT2D eigenvalue weighted by atomic mass is 10.1. The van der Waals surface area contributed by atoms with Crippen molar-refractivity contribution in [2.24, 2.45) is 0 Å². The fourth-order valence-corrected chi connectivity index (χ4v) is 1.87. The molecule has 0 unspecified atom stereocenters. The molecule has 3 aromatic rings. The summed E-state index contributed by atoms with van der Waals surface area (Å²) in [5.41, 5.74) is 5.55. The van der Waals surface area contributed by atoms with Crippen LogP contribution in [-0.2, 0) is 0 Å². The van der Waals surface area contributed by atoms with Crippen LogP contribution in [-0.4, -0.2) is 20.2 Å². The van der Waals surface area contributed by atoms with E-state index in [1.54, 1.807) is 6.20 Å². The zero-order valence-corrected chi connectivity index (χ0v) is 11.4.